The van der Waals surface area contributed by atoms with Crippen LogP contribution in [0, 0.1) is 0 Å². The topological polar surface area (TPSA) is 23.5 Å². The Hall–Kier alpha value is -0.0800. The normalized spacial score (nSPS) is 26.5. The number of likely N-dealkylation sites (tertiary alicyclic amines) is 1. The lowest BCUT2D eigenvalue weighted by Gasteiger charge is -2.25. The summed E-state index contributed by atoms with van der Waals surface area (Å²) in [5, 5.41) is 9.68. The lowest BCUT2D eigenvalue weighted by atomic mass is 10.1. The maximum absolute atomic E-state index is 9.68. The van der Waals surface area contributed by atoms with Crippen LogP contribution in [0.1, 0.15) is 46.0 Å². The Morgan fingerprint density at radius 1 is 1.46 bits per heavy atom. The molecule has 0 saturated carbocycles. The van der Waals surface area contributed by atoms with E-state index in [9.17, 15) is 5.11 Å². The largest absolute Gasteiger partial charge is 0.392 e. The summed E-state index contributed by atoms with van der Waals surface area (Å²) >= 11 is 0. The van der Waals surface area contributed by atoms with E-state index in [0.717, 1.165) is 25.4 Å². The summed E-state index contributed by atoms with van der Waals surface area (Å²) in [6, 6.07) is 0.742. The van der Waals surface area contributed by atoms with Gasteiger partial charge in [-0.3, -0.25) is 4.90 Å². The van der Waals surface area contributed by atoms with Gasteiger partial charge in [0.2, 0.25) is 0 Å². The van der Waals surface area contributed by atoms with E-state index in [1.54, 1.807) is 0 Å². The minimum atomic E-state index is -0.0999. The molecule has 0 aromatic heterocycles. The molecule has 1 aliphatic rings. The standard InChI is InChI=1S/C11H23NO/c1-3-6-11(13)9-12-8-5-7-10(12)4-2/h10-11,13H,3-9H2,1-2H3. The predicted octanol–water partition coefficient (Wildman–Crippen LogP) is 2.02. The molecule has 0 spiro atoms. The molecule has 0 aromatic carbocycles. The molecule has 1 saturated heterocycles. The van der Waals surface area contributed by atoms with E-state index in [4.69, 9.17) is 0 Å². The average Bonchev–Trinajstić information content (AvgIpc) is 2.52. The third kappa shape index (κ3) is 3.28. The zero-order valence-electron chi connectivity index (χ0n) is 9.00. The van der Waals surface area contributed by atoms with E-state index < -0.39 is 0 Å². The van der Waals surface area contributed by atoms with Crippen molar-refractivity contribution in [3.05, 3.63) is 0 Å². The van der Waals surface area contributed by atoms with Gasteiger partial charge in [0, 0.05) is 12.6 Å². The maximum Gasteiger partial charge on any atom is 0.0667 e. The SMILES string of the molecule is CCCC(O)CN1CCCC1CC. The first-order valence-electron chi connectivity index (χ1n) is 5.70. The third-order valence-corrected chi connectivity index (χ3v) is 3.04. The van der Waals surface area contributed by atoms with Crippen LogP contribution >= 0.6 is 0 Å². The molecular weight excluding hydrogens is 162 g/mol. The van der Waals surface area contributed by atoms with Crippen LogP contribution in [0.15, 0.2) is 0 Å². The van der Waals surface area contributed by atoms with Gasteiger partial charge >= 0.3 is 0 Å². The fraction of sp³-hybridized carbons (Fsp3) is 1.00. The summed E-state index contributed by atoms with van der Waals surface area (Å²) in [5.41, 5.74) is 0. The van der Waals surface area contributed by atoms with Crippen molar-refractivity contribution in [3.63, 3.8) is 0 Å². The van der Waals surface area contributed by atoms with Crippen molar-refractivity contribution in [2.45, 2.75) is 58.1 Å². The van der Waals surface area contributed by atoms with Gasteiger partial charge in [0.15, 0.2) is 0 Å². The Labute approximate surface area is 81.9 Å². The van der Waals surface area contributed by atoms with Crippen molar-refractivity contribution in [2.24, 2.45) is 0 Å². The molecule has 1 rings (SSSR count). The molecule has 13 heavy (non-hydrogen) atoms. The van der Waals surface area contributed by atoms with Crippen molar-refractivity contribution in [1.29, 1.82) is 0 Å². The first-order valence-corrected chi connectivity index (χ1v) is 5.70. The van der Waals surface area contributed by atoms with Crippen LogP contribution in [0.25, 0.3) is 0 Å². The van der Waals surface area contributed by atoms with Gasteiger partial charge in [-0.2, -0.15) is 0 Å². The van der Waals surface area contributed by atoms with Crippen molar-refractivity contribution in [3.8, 4) is 0 Å². The molecule has 0 aromatic rings. The first kappa shape index (κ1) is 11.0. The molecule has 0 bridgehead atoms. The summed E-state index contributed by atoms with van der Waals surface area (Å²) in [5.74, 6) is 0. The third-order valence-electron chi connectivity index (χ3n) is 3.04. The van der Waals surface area contributed by atoms with Gasteiger partial charge in [0.05, 0.1) is 6.10 Å². The summed E-state index contributed by atoms with van der Waals surface area (Å²) in [4.78, 5) is 2.46. The number of nitrogens with zero attached hydrogens (tertiary/aromatic N) is 1. The van der Waals surface area contributed by atoms with Crippen LogP contribution in [0.2, 0.25) is 0 Å². The van der Waals surface area contributed by atoms with Gasteiger partial charge in [-0.05, 0) is 32.2 Å². The van der Waals surface area contributed by atoms with Gasteiger partial charge < -0.3 is 5.11 Å². The number of hydrogen-bond acceptors (Lipinski definition) is 2. The Balaban J connectivity index is 2.26. The molecule has 0 amide bonds. The summed E-state index contributed by atoms with van der Waals surface area (Å²) in [7, 11) is 0. The highest BCUT2D eigenvalue weighted by Crippen LogP contribution is 2.20. The minimum Gasteiger partial charge on any atom is -0.392 e. The van der Waals surface area contributed by atoms with E-state index in [1.807, 2.05) is 0 Å². The Bertz CT molecular complexity index is 138. The molecule has 0 radical (unpaired) electrons. The summed E-state index contributed by atoms with van der Waals surface area (Å²) < 4.78 is 0. The molecule has 1 N–H and O–H groups in total. The fourth-order valence-electron chi connectivity index (χ4n) is 2.29. The molecule has 1 aliphatic heterocycles. The quantitative estimate of drug-likeness (QED) is 0.708. The van der Waals surface area contributed by atoms with Crippen molar-refractivity contribution < 1.29 is 5.11 Å². The molecule has 1 heterocycles. The lowest BCUT2D eigenvalue weighted by molar-refractivity contribution is 0.0974. The van der Waals surface area contributed by atoms with Crippen LogP contribution in [0.3, 0.4) is 0 Å². The lowest BCUT2D eigenvalue weighted by Crippen LogP contribution is -2.35. The highest BCUT2D eigenvalue weighted by molar-refractivity contribution is 4.79. The number of aliphatic hydroxyl groups is 1. The second-order valence-corrected chi connectivity index (χ2v) is 4.14. The Kier molecular flexibility index (Phi) is 4.74. The molecule has 78 valence electrons. The molecular formula is C11H23NO. The smallest absolute Gasteiger partial charge is 0.0667 e. The monoisotopic (exact) mass is 185 g/mol. The number of hydrogen-bond donors (Lipinski definition) is 1. The second kappa shape index (κ2) is 5.61. The molecule has 2 atom stereocenters. The second-order valence-electron chi connectivity index (χ2n) is 4.14. The molecule has 0 aliphatic carbocycles. The first-order chi connectivity index (χ1) is 6.27. The van der Waals surface area contributed by atoms with E-state index in [1.165, 1.54) is 25.8 Å². The zero-order valence-corrected chi connectivity index (χ0v) is 9.00. The van der Waals surface area contributed by atoms with E-state index >= 15 is 0 Å². The highest BCUT2D eigenvalue weighted by atomic mass is 16.3. The Morgan fingerprint density at radius 2 is 2.23 bits per heavy atom. The van der Waals surface area contributed by atoms with Gasteiger partial charge in [0.25, 0.3) is 0 Å². The van der Waals surface area contributed by atoms with Gasteiger partial charge in [-0.15, -0.1) is 0 Å². The molecule has 2 unspecified atom stereocenters. The number of aliphatic hydroxyl groups excluding tert-OH is 1. The van der Waals surface area contributed by atoms with Crippen LogP contribution < -0.4 is 0 Å². The average molecular weight is 185 g/mol. The Morgan fingerprint density at radius 3 is 2.85 bits per heavy atom. The van der Waals surface area contributed by atoms with Crippen LogP contribution in [-0.2, 0) is 0 Å². The molecule has 2 heteroatoms. The van der Waals surface area contributed by atoms with Crippen LogP contribution in [0.4, 0.5) is 0 Å². The number of rotatable bonds is 5. The minimum absolute atomic E-state index is 0.0999. The maximum atomic E-state index is 9.68. The fourth-order valence-corrected chi connectivity index (χ4v) is 2.29. The summed E-state index contributed by atoms with van der Waals surface area (Å²) in [6.45, 7) is 6.46. The molecule has 2 nitrogen and oxygen atoms in total. The molecule has 1 fully saturated rings. The van der Waals surface area contributed by atoms with Crippen molar-refractivity contribution in [1.82, 2.24) is 4.90 Å². The number of β-amino-alcohol motifs (C(OH)–C–C–N with tert-alkyl or cyclic N) is 1. The summed E-state index contributed by atoms with van der Waals surface area (Å²) in [6.07, 6.45) is 5.82. The van der Waals surface area contributed by atoms with Crippen LogP contribution in [0.5, 0.6) is 0 Å². The van der Waals surface area contributed by atoms with E-state index in [0.29, 0.717) is 0 Å². The van der Waals surface area contributed by atoms with Gasteiger partial charge in [-0.25, -0.2) is 0 Å². The van der Waals surface area contributed by atoms with E-state index in [-0.39, 0.29) is 6.10 Å². The van der Waals surface area contributed by atoms with Crippen LogP contribution in [-0.4, -0.2) is 35.2 Å². The van der Waals surface area contributed by atoms with E-state index in [2.05, 4.69) is 18.7 Å². The predicted molar refractivity (Wildman–Crippen MR) is 55.8 cm³/mol. The van der Waals surface area contributed by atoms with Crippen molar-refractivity contribution in [2.75, 3.05) is 13.1 Å². The zero-order chi connectivity index (χ0) is 9.68. The van der Waals surface area contributed by atoms with Gasteiger partial charge in [-0.1, -0.05) is 20.3 Å². The van der Waals surface area contributed by atoms with Gasteiger partial charge in [0.1, 0.15) is 0 Å². The van der Waals surface area contributed by atoms with Crippen molar-refractivity contribution >= 4 is 0 Å². The highest BCUT2D eigenvalue weighted by Gasteiger charge is 2.24.